The van der Waals surface area contributed by atoms with Gasteiger partial charge in [-0.2, -0.15) is 4.39 Å². The fourth-order valence-electron chi connectivity index (χ4n) is 1.02. The first kappa shape index (κ1) is 20.9. The molecule has 0 aliphatic carbocycles. The van der Waals surface area contributed by atoms with E-state index in [4.69, 9.17) is 0 Å². The smallest absolute Gasteiger partial charge is 0.318 e. The zero-order valence-corrected chi connectivity index (χ0v) is 11.7. The third kappa shape index (κ3) is 16.0. The van der Waals surface area contributed by atoms with Crippen LogP contribution in [0.3, 0.4) is 0 Å². The summed E-state index contributed by atoms with van der Waals surface area (Å²) in [5.41, 5.74) is 0. The molecule has 0 rings (SSSR count). The Morgan fingerprint density at radius 2 is 1.62 bits per heavy atom. The highest BCUT2D eigenvalue weighted by molar-refractivity contribution is 5.74. The maximum absolute atomic E-state index is 12.2. The molecule has 0 spiro atoms. The van der Waals surface area contributed by atoms with Gasteiger partial charge < -0.3 is 10.6 Å². The van der Waals surface area contributed by atoms with Gasteiger partial charge in [0.25, 0.3) is 0 Å². The van der Waals surface area contributed by atoms with Gasteiger partial charge in [-0.1, -0.05) is 34.1 Å². The molecule has 0 bridgehead atoms. The molecule has 0 radical (unpaired) electrons. The highest BCUT2D eigenvalue weighted by Crippen LogP contribution is 2.01. The fraction of sp³-hybridized carbons (Fsp3) is 0.917. The highest BCUT2D eigenvalue weighted by Gasteiger charge is 2.13. The van der Waals surface area contributed by atoms with Crippen molar-refractivity contribution in [2.75, 3.05) is 20.6 Å². The fourth-order valence-corrected chi connectivity index (χ4v) is 1.02. The van der Waals surface area contributed by atoms with Crippen LogP contribution >= 0.6 is 0 Å². The average Bonchev–Trinajstić information content (AvgIpc) is 2.34. The SMILES string of the molecule is CC.CC.CNCCCCC(NC)C(=O)F. The van der Waals surface area contributed by atoms with Gasteiger partial charge in [-0.25, -0.2) is 0 Å². The number of halogens is 1. The Morgan fingerprint density at radius 1 is 1.12 bits per heavy atom. The zero-order valence-electron chi connectivity index (χ0n) is 11.7. The van der Waals surface area contributed by atoms with Gasteiger partial charge in [0.05, 0.1) is 6.04 Å². The lowest BCUT2D eigenvalue weighted by atomic mass is 10.1. The van der Waals surface area contributed by atoms with Gasteiger partial charge in [-0.15, -0.1) is 0 Å². The molecule has 1 atom stereocenters. The largest absolute Gasteiger partial charge is 0.320 e. The number of unbranched alkanes of at least 4 members (excludes halogenated alkanes) is 1. The Balaban J connectivity index is -0.000000376. The molecule has 0 aliphatic heterocycles. The van der Waals surface area contributed by atoms with Crippen molar-refractivity contribution in [2.45, 2.75) is 53.0 Å². The van der Waals surface area contributed by atoms with Crippen LogP contribution in [0.1, 0.15) is 47.0 Å². The van der Waals surface area contributed by atoms with E-state index < -0.39 is 12.1 Å². The van der Waals surface area contributed by atoms with Gasteiger partial charge in [0.2, 0.25) is 0 Å². The van der Waals surface area contributed by atoms with E-state index in [0.29, 0.717) is 6.42 Å². The number of hydrogen-bond donors (Lipinski definition) is 2. The molecule has 0 aromatic rings. The summed E-state index contributed by atoms with van der Waals surface area (Å²) in [7, 11) is 3.47. The number of carbonyl (C=O) groups is 1. The van der Waals surface area contributed by atoms with Crippen molar-refractivity contribution < 1.29 is 9.18 Å². The number of hydrogen-bond acceptors (Lipinski definition) is 3. The van der Waals surface area contributed by atoms with Crippen LogP contribution in [-0.2, 0) is 4.79 Å². The molecular weight excluding hydrogens is 207 g/mol. The first-order valence-corrected chi connectivity index (χ1v) is 6.23. The number of rotatable bonds is 7. The van der Waals surface area contributed by atoms with E-state index in [9.17, 15) is 9.18 Å². The Morgan fingerprint density at radius 3 is 1.94 bits per heavy atom. The van der Waals surface area contributed by atoms with Crippen LogP contribution < -0.4 is 10.6 Å². The summed E-state index contributed by atoms with van der Waals surface area (Å²) in [4.78, 5) is 10.3. The molecule has 0 heterocycles. The van der Waals surface area contributed by atoms with E-state index >= 15 is 0 Å². The van der Waals surface area contributed by atoms with E-state index in [0.717, 1.165) is 19.4 Å². The number of likely N-dealkylation sites (N-methyl/N-ethyl adjacent to an activating group) is 1. The van der Waals surface area contributed by atoms with Crippen LogP contribution in [0.25, 0.3) is 0 Å². The molecule has 0 saturated heterocycles. The van der Waals surface area contributed by atoms with Gasteiger partial charge in [0.1, 0.15) is 0 Å². The summed E-state index contributed by atoms with van der Waals surface area (Å²) < 4.78 is 12.2. The Bertz CT molecular complexity index is 132. The molecule has 0 saturated carbocycles. The normalized spacial score (nSPS) is 10.4. The van der Waals surface area contributed by atoms with E-state index in [1.165, 1.54) is 0 Å². The van der Waals surface area contributed by atoms with Crippen molar-refractivity contribution in [3.05, 3.63) is 0 Å². The third-order valence-electron chi connectivity index (χ3n) is 1.79. The average molecular weight is 236 g/mol. The first-order valence-electron chi connectivity index (χ1n) is 6.23. The molecule has 0 fully saturated rings. The van der Waals surface area contributed by atoms with Crippen LogP contribution in [0.15, 0.2) is 0 Å². The molecule has 3 nitrogen and oxygen atoms in total. The Kier molecular flexibility index (Phi) is 26.1. The minimum absolute atomic E-state index is 0.577. The third-order valence-corrected chi connectivity index (χ3v) is 1.79. The number of carbonyl (C=O) groups excluding carboxylic acids is 1. The predicted octanol–water partition coefficient (Wildman–Crippen LogP) is 2.51. The van der Waals surface area contributed by atoms with E-state index in [-0.39, 0.29) is 0 Å². The summed E-state index contributed by atoms with van der Waals surface area (Å²) in [6, 6.07) is -1.87. The van der Waals surface area contributed by atoms with Gasteiger partial charge in [0, 0.05) is 0 Å². The molecule has 16 heavy (non-hydrogen) atoms. The number of nitrogens with one attached hydrogen (secondary N) is 2. The van der Waals surface area contributed by atoms with E-state index in [2.05, 4.69) is 10.6 Å². The second kappa shape index (κ2) is 20.0. The summed E-state index contributed by atoms with van der Waals surface area (Å²) in [6.07, 6.45) is 2.41. The molecule has 4 heteroatoms. The molecule has 100 valence electrons. The standard InChI is InChI=1S/C8H17FN2O.2C2H6/c1-10-6-4-3-5-7(11-2)8(9)12;2*1-2/h7,10-11H,3-6H2,1-2H3;2*1-2H3. The highest BCUT2D eigenvalue weighted by atomic mass is 19.1. The molecule has 0 aromatic carbocycles. The lowest BCUT2D eigenvalue weighted by Crippen LogP contribution is -2.31. The Hall–Kier alpha value is -0.480. The van der Waals surface area contributed by atoms with Crippen molar-refractivity contribution in [3.8, 4) is 0 Å². The van der Waals surface area contributed by atoms with Gasteiger partial charge >= 0.3 is 6.04 Å². The topological polar surface area (TPSA) is 41.1 Å². The van der Waals surface area contributed by atoms with E-state index in [1.807, 2.05) is 34.7 Å². The molecule has 0 amide bonds. The molecule has 2 N–H and O–H groups in total. The second-order valence-corrected chi connectivity index (χ2v) is 2.74. The van der Waals surface area contributed by atoms with Crippen molar-refractivity contribution in [1.82, 2.24) is 10.6 Å². The zero-order chi connectivity index (χ0) is 13.4. The minimum Gasteiger partial charge on any atom is -0.320 e. The van der Waals surface area contributed by atoms with Gasteiger partial charge in [0.15, 0.2) is 0 Å². The van der Waals surface area contributed by atoms with Crippen LogP contribution in [0.2, 0.25) is 0 Å². The van der Waals surface area contributed by atoms with Gasteiger partial charge in [-0.3, -0.25) is 4.79 Å². The predicted molar refractivity (Wildman–Crippen MR) is 69.4 cm³/mol. The second-order valence-electron chi connectivity index (χ2n) is 2.74. The summed E-state index contributed by atoms with van der Waals surface area (Å²) >= 11 is 0. The van der Waals surface area contributed by atoms with Crippen molar-refractivity contribution >= 4 is 6.04 Å². The summed E-state index contributed by atoms with van der Waals surface area (Å²) in [5.74, 6) is 0. The molecule has 1 unspecified atom stereocenters. The molecule has 0 aliphatic rings. The lowest BCUT2D eigenvalue weighted by molar-refractivity contribution is -0.131. The monoisotopic (exact) mass is 236 g/mol. The first-order chi connectivity index (χ1) is 7.72. The maximum atomic E-state index is 12.2. The minimum atomic E-state index is -1.26. The van der Waals surface area contributed by atoms with E-state index in [1.54, 1.807) is 7.05 Å². The summed E-state index contributed by atoms with van der Waals surface area (Å²) in [6.45, 7) is 8.91. The van der Waals surface area contributed by atoms with Crippen LogP contribution in [0.5, 0.6) is 0 Å². The molecule has 0 aromatic heterocycles. The quantitative estimate of drug-likeness (QED) is 0.527. The summed E-state index contributed by atoms with van der Waals surface area (Å²) in [5, 5.41) is 5.62. The van der Waals surface area contributed by atoms with Gasteiger partial charge in [-0.05, 0) is 33.5 Å². The van der Waals surface area contributed by atoms with Crippen molar-refractivity contribution in [2.24, 2.45) is 0 Å². The van der Waals surface area contributed by atoms with Crippen LogP contribution in [0.4, 0.5) is 4.39 Å². The Labute approximate surface area is 100 Å². The van der Waals surface area contributed by atoms with Crippen LogP contribution in [0, 0.1) is 0 Å². The molecular formula is C12H29FN2O. The maximum Gasteiger partial charge on any atom is 0.318 e. The lowest BCUT2D eigenvalue weighted by Gasteiger charge is -2.09. The van der Waals surface area contributed by atoms with Crippen LogP contribution in [-0.4, -0.2) is 32.7 Å². The van der Waals surface area contributed by atoms with Crippen molar-refractivity contribution in [3.63, 3.8) is 0 Å². The van der Waals surface area contributed by atoms with Crippen molar-refractivity contribution in [1.29, 1.82) is 0 Å².